The minimum absolute atomic E-state index is 0.117. The van der Waals surface area contributed by atoms with E-state index in [0.29, 0.717) is 0 Å². The van der Waals surface area contributed by atoms with Gasteiger partial charge >= 0.3 is 0 Å². The van der Waals surface area contributed by atoms with Gasteiger partial charge in [-0.05, 0) is 31.6 Å². The highest BCUT2D eigenvalue weighted by atomic mass is 32.1. The number of aliphatic hydroxyl groups is 1. The number of rotatable bonds is 4. The number of aromatic nitrogens is 2. The van der Waals surface area contributed by atoms with Crippen LogP contribution in [0.4, 0.5) is 0 Å². The fourth-order valence-electron chi connectivity index (χ4n) is 2.97. The van der Waals surface area contributed by atoms with Crippen LogP contribution in [0, 0.1) is 4.77 Å². The van der Waals surface area contributed by atoms with Crippen LogP contribution in [0.5, 0.6) is 0 Å². The summed E-state index contributed by atoms with van der Waals surface area (Å²) in [5.41, 5.74) is 8.24. The van der Waals surface area contributed by atoms with Crippen LogP contribution < -0.4 is 5.56 Å². The van der Waals surface area contributed by atoms with Gasteiger partial charge in [0.05, 0.1) is 13.2 Å². The van der Waals surface area contributed by atoms with E-state index in [9.17, 15) is 9.90 Å². The molecule has 0 aromatic carbocycles. The molecule has 0 radical (unpaired) electrons. The summed E-state index contributed by atoms with van der Waals surface area (Å²) in [5, 5.41) is 12.9. The topological polar surface area (TPSA) is 134 Å². The second-order valence-corrected chi connectivity index (χ2v) is 6.41. The molecule has 130 valence electrons. The van der Waals surface area contributed by atoms with Crippen LogP contribution >= 0.6 is 12.2 Å². The van der Waals surface area contributed by atoms with E-state index in [1.165, 1.54) is 10.8 Å². The lowest BCUT2D eigenvalue weighted by molar-refractivity contribution is -0.200. The van der Waals surface area contributed by atoms with E-state index in [2.05, 4.69) is 15.0 Å². The molecule has 2 aliphatic heterocycles. The largest absolute Gasteiger partial charge is 0.394 e. The summed E-state index contributed by atoms with van der Waals surface area (Å²) in [6.07, 6.45) is -0.725. The first-order valence-corrected chi connectivity index (χ1v) is 7.74. The predicted octanol–water partition coefficient (Wildman–Crippen LogP) is 1.13. The predicted molar refractivity (Wildman–Crippen MR) is 83.6 cm³/mol. The van der Waals surface area contributed by atoms with Crippen molar-refractivity contribution in [2.75, 3.05) is 6.61 Å². The first-order valence-electron chi connectivity index (χ1n) is 7.33. The van der Waals surface area contributed by atoms with Gasteiger partial charge < -0.3 is 19.3 Å². The standard InChI is InChI=1S/C13H17N5O5S/c1-13(2)22-8-7(5-19)21-11(9(8)23-13)18-4-6(3-15-17-14)10(20)16-12(18)24/h4,7-9,11,19H,3,5H2,1-2H3,(H,16,20,24)/t7-,8?,9?,11-/m1/s1. The molecule has 3 rings (SSSR count). The minimum atomic E-state index is -0.816. The van der Waals surface area contributed by atoms with Gasteiger partial charge in [0.25, 0.3) is 5.56 Å². The van der Waals surface area contributed by atoms with Crippen molar-refractivity contribution in [1.29, 1.82) is 0 Å². The lowest BCUT2D eigenvalue weighted by atomic mass is 10.1. The van der Waals surface area contributed by atoms with Gasteiger partial charge in [0.1, 0.15) is 18.3 Å². The second kappa shape index (κ2) is 6.28. The van der Waals surface area contributed by atoms with Gasteiger partial charge in [-0.1, -0.05) is 5.11 Å². The van der Waals surface area contributed by atoms with Gasteiger partial charge in [-0.3, -0.25) is 14.3 Å². The van der Waals surface area contributed by atoms with Crippen LogP contribution in [0.1, 0.15) is 25.6 Å². The zero-order valence-corrected chi connectivity index (χ0v) is 13.9. The number of hydrogen-bond acceptors (Lipinski definition) is 7. The van der Waals surface area contributed by atoms with Gasteiger partial charge in [-0.15, -0.1) is 0 Å². The Morgan fingerprint density at radius 3 is 2.88 bits per heavy atom. The maximum atomic E-state index is 11.9. The second-order valence-electron chi connectivity index (χ2n) is 6.02. The fraction of sp³-hybridized carbons (Fsp3) is 0.692. The smallest absolute Gasteiger partial charge is 0.254 e. The Morgan fingerprint density at radius 2 is 2.21 bits per heavy atom. The lowest BCUT2D eigenvalue weighted by Crippen LogP contribution is -2.31. The molecule has 4 atom stereocenters. The lowest BCUT2D eigenvalue weighted by Gasteiger charge is -2.25. The highest BCUT2D eigenvalue weighted by Gasteiger charge is 2.55. The summed E-state index contributed by atoms with van der Waals surface area (Å²) in [5.74, 6) is -0.816. The Kier molecular flexibility index (Phi) is 4.47. The molecule has 2 aliphatic rings. The molecule has 0 aliphatic carbocycles. The maximum Gasteiger partial charge on any atom is 0.254 e. The molecule has 1 aromatic heterocycles. The van der Waals surface area contributed by atoms with Gasteiger partial charge in [0.15, 0.2) is 16.8 Å². The van der Waals surface area contributed by atoms with Crippen LogP contribution in [0.3, 0.4) is 0 Å². The van der Waals surface area contributed by atoms with Crippen molar-refractivity contribution < 1.29 is 19.3 Å². The summed E-state index contributed by atoms with van der Waals surface area (Å²) >= 11 is 5.21. The zero-order chi connectivity index (χ0) is 17.5. The molecule has 24 heavy (non-hydrogen) atoms. The Labute approximate surface area is 141 Å². The van der Waals surface area contributed by atoms with Crippen molar-refractivity contribution in [3.63, 3.8) is 0 Å². The van der Waals surface area contributed by atoms with Crippen LogP contribution in [0.25, 0.3) is 10.4 Å². The number of H-pyrrole nitrogens is 1. The summed E-state index contributed by atoms with van der Waals surface area (Å²) < 4.78 is 19.1. The summed E-state index contributed by atoms with van der Waals surface area (Å²) in [4.78, 5) is 17.1. The van der Waals surface area contributed by atoms with Crippen molar-refractivity contribution in [1.82, 2.24) is 9.55 Å². The van der Waals surface area contributed by atoms with Crippen molar-refractivity contribution in [2.45, 2.75) is 50.7 Å². The third-order valence-corrected chi connectivity index (χ3v) is 4.24. The SMILES string of the molecule is CC1(C)OC2C(O1)[C@@H](CO)O[C@H]2n1cc(CN=[N+]=[N-])c(=O)[nH]c1=S. The molecule has 1 aromatic rings. The third kappa shape index (κ3) is 2.97. The molecule has 0 amide bonds. The van der Waals surface area contributed by atoms with Crippen LogP contribution in [-0.2, 0) is 20.8 Å². The van der Waals surface area contributed by atoms with E-state index in [4.69, 9.17) is 32.0 Å². The molecule has 2 N–H and O–H groups in total. The molecule has 11 heteroatoms. The number of aliphatic hydroxyl groups excluding tert-OH is 1. The summed E-state index contributed by atoms with van der Waals surface area (Å²) in [6, 6.07) is 0. The normalized spacial score (nSPS) is 30.8. The number of aromatic amines is 1. The van der Waals surface area contributed by atoms with E-state index in [0.717, 1.165) is 0 Å². The Morgan fingerprint density at radius 1 is 1.50 bits per heavy atom. The maximum absolute atomic E-state index is 11.9. The number of nitrogens with zero attached hydrogens (tertiary/aromatic N) is 4. The number of azide groups is 1. The van der Waals surface area contributed by atoms with Crippen LogP contribution in [0.15, 0.2) is 16.1 Å². The fourth-order valence-corrected chi connectivity index (χ4v) is 3.22. The molecule has 0 spiro atoms. The average Bonchev–Trinajstić information content (AvgIpc) is 2.99. The monoisotopic (exact) mass is 355 g/mol. The third-order valence-electron chi connectivity index (χ3n) is 3.93. The zero-order valence-electron chi connectivity index (χ0n) is 13.1. The number of nitrogens with one attached hydrogen (secondary N) is 1. The number of ether oxygens (including phenoxy) is 3. The first kappa shape index (κ1) is 17.1. The Hall–Kier alpha value is -1.75. The van der Waals surface area contributed by atoms with Crippen molar-refractivity contribution in [2.24, 2.45) is 5.11 Å². The van der Waals surface area contributed by atoms with Crippen molar-refractivity contribution >= 4 is 12.2 Å². The first-order chi connectivity index (χ1) is 11.4. The molecule has 2 unspecified atom stereocenters. The molecule has 0 bridgehead atoms. The average molecular weight is 355 g/mol. The minimum Gasteiger partial charge on any atom is -0.394 e. The van der Waals surface area contributed by atoms with Crippen molar-refractivity contribution in [3.8, 4) is 0 Å². The highest BCUT2D eigenvalue weighted by Crippen LogP contribution is 2.42. The molecule has 10 nitrogen and oxygen atoms in total. The van der Waals surface area contributed by atoms with Gasteiger partial charge in [-0.2, -0.15) is 0 Å². The highest BCUT2D eigenvalue weighted by molar-refractivity contribution is 7.71. The molecule has 0 saturated carbocycles. The Bertz CT molecular complexity index is 799. The quantitative estimate of drug-likeness (QED) is 0.360. The summed E-state index contributed by atoms with van der Waals surface area (Å²) in [7, 11) is 0. The van der Waals surface area contributed by atoms with E-state index >= 15 is 0 Å². The number of hydrogen-bond donors (Lipinski definition) is 2. The molecule has 2 fully saturated rings. The van der Waals surface area contributed by atoms with E-state index in [1.807, 2.05) is 0 Å². The van der Waals surface area contributed by atoms with E-state index in [-0.39, 0.29) is 23.5 Å². The van der Waals surface area contributed by atoms with Crippen LogP contribution in [-0.4, -0.2) is 45.4 Å². The summed E-state index contributed by atoms with van der Waals surface area (Å²) in [6.45, 7) is 3.19. The van der Waals surface area contributed by atoms with Crippen molar-refractivity contribution in [3.05, 3.63) is 37.3 Å². The van der Waals surface area contributed by atoms with Gasteiger partial charge in [-0.25, -0.2) is 0 Å². The van der Waals surface area contributed by atoms with E-state index in [1.54, 1.807) is 13.8 Å². The Balaban J connectivity index is 2.00. The van der Waals surface area contributed by atoms with Gasteiger partial charge in [0.2, 0.25) is 0 Å². The van der Waals surface area contributed by atoms with Crippen LogP contribution in [0.2, 0.25) is 0 Å². The molecule has 2 saturated heterocycles. The molecular weight excluding hydrogens is 338 g/mol. The number of fused-ring (bicyclic) bond motifs is 1. The molecular formula is C13H17N5O5S. The van der Waals surface area contributed by atoms with E-state index < -0.39 is 35.9 Å². The molecule has 3 heterocycles. The van der Waals surface area contributed by atoms with Gasteiger partial charge in [0, 0.05) is 16.7 Å².